The molecule has 3 heterocycles. The lowest BCUT2D eigenvalue weighted by Crippen LogP contribution is -2.46. The molecule has 35 heavy (non-hydrogen) atoms. The molecule has 3 rings (SSSR count). The molecule has 2 aliphatic heterocycles. The van der Waals surface area contributed by atoms with Gasteiger partial charge >= 0.3 is 5.97 Å². The summed E-state index contributed by atoms with van der Waals surface area (Å²) in [7, 11) is 0. The van der Waals surface area contributed by atoms with Crippen LogP contribution in [0.3, 0.4) is 0 Å². The molecule has 3 N–H and O–H groups in total. The zero-order chi connectivity index (χ0) is 26.1. The van der Waals surface area contributed by atoms with Crippen molar-refractivity contribution in [2.45, 2.75) is 98.1 Å². The van der Waals surface area contributed by atoms with Crippen LogP contribution in [-0.2, 0) is 14.3 Å². The largest absolute Gasteiger partial charge is 0.457 e. The van der Waals surface area contributed by atoms with E-state index in [9.17, 15) is 19.8 Å². The number of aliphatic hydroxyl groups excluding tert-OH is 2. The third kappa shape index (κ3) is 6.48. The van der Waals surface area contributed by atoms with Gasteiger partial charge in [-0.25, -0.2) is 4.98 Å². The minimum atomic E-state index is -1.24. The lowest BCUT2D eigenvalue weighted by atomic mass is 9.73. The van der Waals surface area contributed by atoms with Gasteiger partial charge in [0.25, 0.3) is 0 Å². The number of ketones is 1. The van der Waals surface area contributed by atoms with Crippen LogP contribution in [0.1, 0.15) is 72.4 Å². The monoisotopic (exact) mass is 488 g/mol. The molecule has 8 heteroatoms. The van der Waals surface area contributed by atoms with Crippen molar-refractivity contribution in [2.24, 2.45) is 17.3 Å². The van der Waals surface area contributed by atoms with E-state index in [1.807, 2.05) is 26.8 Å². The SMILES string of the molecule is CC(=Cc1coc(C)n1)[C@H]1C/C=C(/C)CC2NC2[C@H](C)[C@H](O)[C@@H](C)C(=O)C(C)(C)[C@@H](O)CC(=O)O1. The van der Waals surface area contributed by atoms with Gasteiger partial charge in [0.05, 0.1) is 24.0 Å². The Labute approximate surface area is 207 Å². The van der Waals surface area contributed by atoms with Gasteiger partial charge in [-0.2, -0.15) is 0 Å². The number of aryl methyl sites for hydroxylation is 1. The second kappa shape index (κ2) is 10.8. The Hall–Kier alpha value is -2.29. The summed E-state index contributed by atoms with van der Waals surface area (Å²) in [5.74, 6) is -1.11. The third-order valence-corrected chi connectivity index (χ3v) is 7.61. The molecule has 2 aliphatic rings. The maximum atomic E-state index is 13.3. The fourth-order valence-electron chi connectivity index (χ4n) is 4.93. The summed E-state index contributed by atoms with van der Waals surface area (Å²) < 4.78 is 11.1. The van der Waals surface area contributed by atoms with Crippen LogP contribution in [0, 0.1) is 24.2 Å². The zero-order valence-corrected chi connectivity index (χ0v) is 21.9. The highest BCUT2D eigenvalue weighted by molar-refractivity contribution is 5.88. The number of hydrogen-bond acceptors (Lipinski definition) is 8. The van der Waals surface area contributed by atoms with E-state index in [1.54, 1.807) is 34.0 Å². The lowest BCUT2D eigenvalue weighted by molar-refractivity contribution is -0.154. The molecule has 0 saturated carbocycles. The average Bonchev–Trinajstić information content (AvgIpc) is 3.43. The van der Waals surface area contributed by atoms with Gasteiger partial charge < -0.3 is 24.7 Å². The summed E-state index contributed by atoms with van der Waals surface area (Å²) in [5.41, 5.74) is 1.37. The maximum Gasteiger partial charge on any atom is 0.309 e. The molecule has 1 saturated heterocycles. The minimum Gasteiger partial charge on any atom is -0.457 e. The summed E-state index contributed by atoms with van der Waals surface area (Å²) in [5, 5.41) is 25.2. The molecule has 0 spiro atoms. The van der Waals surface area contributed by atoms with Crippen LogP contribution < -0.4 is 5.32 Å². The number of aromatic nitrogens is 1. The van der Waals surface area contributed by atoms with Gasteiger partial charge in [-0.15, -0.1) is 0 Å². The number of fused-ring (bicyclic) bond motifs is 1. The number of carbonyl (C=O) groups excluding carboxylic acids is 2. The highest BCUT2D eigenvalue weighted by Gasteiger charge is 2.47. The van der Waals surface area contributed by atoms with Crippen molar-refractivity contribution in [1.82, 2.24) is 10.3 Å². The first kappa shape index (κ1) is 27.3. The van der Waals surface area contributed by atoms with Crippen molar-refractivity contribution in [2.75, 3.05) is 0 Å². The standard InChI is InChI=1S/C27H40N2O6/c1-14-8-9-21(15(2)11-19-13-34-18(5)28-19)35-23(31)12-22(30)27(6,7)26(33)17(4)25(32)16(3)24-20(10-14)29-24/h8,11,13,16-17,20-22,24-25,29-30,32H,9-10,12H2,1-7H3/b14-8-,15-11?/t16-,17+,20?,21+,22-,24?,25-/m0/s1. The molecule has 1 fully saturated rings. The summed E-state index contributed by atoms with van der Waals surface area (Å²) in [6.07, 6.45) is 3.76. The molecule has 194 valence electrons. The number of hydrogen-bond donors (Lipinski definition) is 3. The Morgan fingerprint density at radius 2 is 1.89 bits per heavy atom. The van der Waals surface area contributed by atoms with Crippen LogP contribution in [0.4, 0.5) is 0 Å². The molecule has 0 bridgehead atoms. The summed E-state index contributed by atoms with van der Waals surface area (Å²) >= 11 is 0. The molecule has 0 aliphatic carbocycles. The Bertz CT molecular complexity index is 994. The highest BCUT2D eigenvalue weighted by atomic mass is 16.5. The van der Waals surface area contributed by atoms with Gasteiger partial charge in [-0.05, 0) is 37.8 Å². The van der Waals surface area contributed by atoms with E-state index in [2.05, 4.69) is 16.4 Å². The van der Waals surface area contributed by atoms with Gasteiger partial charge in [0.2, 0.25) is 0 Å². The van der Waals surface area contributed by atoms with Crippen molar-refractivity contribution < 1.29 is 29.0 Å². The van der Waals surface area contributed by atoms with Crippen LogP contribution >= 0.6 is 0 Å². The van der Waals surface area contributed by atoms with E-state index in [0.29, 0.717) is 18.0 Å². The molecule has 0 aromatic carbocycles. The fourth-order valence-corrected chi connectivity index (χ4v) is 4.93. The number of carbonyl (C=O) groups is 2. The van der Waals surface area contributed by atoms with E-state index in [1.165, 1.54) is 0 Å². The summed E-state index contributed by atoms with van der Waals surface area (Å²) in [6.45, 7) is 12.5. The van der Waals surface area contributed by atoms with Gasteiger partial charge in [0.15, 0.2) is 5.89 Å². The first-order valence-electron chi connectivity index (χ1n) is 12.4. The number of nitrogens with zero attached hydrogens (tertiary/aromatic N) is 1. The third-order valence-electron chi connectivity index (χ3n) is 7.61. The van der Waals surface area contributed by atoms with Crippen molar-refractivity contribution in [1.29, 1.82) is 0 Å². The molecule has 8 nitrogen and oxygen atoms in total. The summed E-state index contributed by atoms with van der Waals surface area (Å²) in [6, 6.07) is 0.343. The molecule has 0 amide bonds. The number of esters is 1. The Kier molecular flexibility index (Phi) is 8.40. The quantitative estimate of drug-likeness (QED) is 0.328. The fraction of sp³-hybridized carbons (Fsp3) is 0.667. The second-order valence-electron chi connectivity index (χ2n) is 10.9. The molecule has 1 aromatic rings. The average molecular weight is 489 g/mol. The summed E-state index contributed by atoms with van der Waals surface area (Å²) in [4.78, 5) is 30.4. The minimum absolute atomic E-state index is 0.121. The maximum absolute atomic E-state index is 13.3. The number of oxazole rings is 1. The predicted molar refractivity (Wildman–Crippen MR) is 132 cm³/mol. The van der Waals surface area contributed by atoms with Crippen LogP contribution in [0.5, 0.6) is 0 Å². The predicted octanol–water partition coefficient (Wildman–Crippen LogP) is 3.36. The van der Waals surface area contributed by atoms with Crippen LogP contribution in [-0.4, -0.2) is 57.3 Å². The van der Waals surface area contributed by atoms with Crippen LogP contribution in [0.2, 0.25) is 0 Å². The molecule has 0 radical (unpaired) electrons. The van der Waals surface area contributed by atoms with Gasteiger partial charge in [-0.3, -0.25) is 9.59 Å². The Morgan fingerprint density at radius 3 is 2.51 bits per heavy atom. The van der Waals surface area contributed by atoms with Crippen LogP contribution in [0.15, 0.2) is 27.9 Å². The van der Waals surface area contributed by atoms with E-state index in [4.69, 9.17) is 9.15 Å². The molecular weight excluding hydrogens is 448 g/mol. The number of nitrogens with one attached hydrogen (secondary N) is 1. The smallest absolute Gasteiger partial charge is 0.309 e. The van der Waals surface area contributed by atoms with E-state index in [-0.39, 0.29) is 30.2 Å². The number of rotatable bonds is 2. The topological polar surface area (TPSA) is 132 Å². The van der Waals surface area contributed by atoms with Gasteiger partial charge in [-0.1, -0.05) is 39.3 Å². The van der Waals surface area contributed by atoms with Crippen molar-refractivity contribution in [3.63, 3.8) is 0 Å². The zero-order valence-electron chi connectivity index (χ0n) is 21.9. The normalized spacial score (nSPS) is 36.7. The number of aliphatic hydroxyl groups is 2. The van der Waals surface area contributed by atoms with E-state index >= 15 is 0 Å². The van der Waals surface area contributed by atoms with Crippen molar-refractivity contribution in [3.8, 4) is 0 Å². The molecular formula is C27H40N2O6. The molecule has 7 atom stereocenters. The highest BCUT2D eigenvalue weighted by Crippen LogP contribution is 2.35. The van der Waals surface area contributed by atoms with Crippen molar-refractivity contribution >= 4 is 17.8 Å². The van der Waals surface area contributed by atoms with E-state index < -0.39 is 35.6 Å². The first-order chi connectivity index (χ1) is 16.3. The van der Waals surface area contributed by atoms with Gasteiger partial charge in [0, 0.05) is 31.3 Å². The van der Waals surface area contributed by atoms with Crippen LogP contribution in [0.25, 0.3) is 6.08 Å². The molecule has 1 aromatic heterocycles. The lowest BCUT2D eigenvalue weighted by Gasteiger charge is -2.34. The number of cyclic esters (lactones) is 1. The van der Waals surface area contributed by atoms with E-state index in [0.717, 1.165) is 17.6 Å². The van der Waals surface area contributed by atoms with Crippen molar-refractivity contribution in [3.05, 3.63) is 35.1 Å². The Morgan fingerprint density at radius 1 is 1.20 bits per heavy atom. The first-order valence-corrected chi connectivity index (χ1v) is 12.4. The second-order valence-corrected chi connectivity index (χ2v) is 10.9. The Balaban J connectivity index is 1.89. The van der Waals surface area contributed by atoms with Gasteiger partial charge in [0.1, 0.15) is 23.8 Å². The molecule has 2 unspecified atom stereocenters. The number of Topliss-reactive ketones (excluding diaryl/α,β-unsaturated/α-hetero) is 1. The number of ether oxygens (including phenoxy) is 1.